The Bertz CT molecular complexity index is 829. The minimum Gasteiger partial charge on any atom is -0.472 e. The predicted octanol–water partition coefficient (Wildman–Crippen LogP) is 4.19. The van der Waals surface area contributed by atoms with Crippen molar-refractivity contribution in [3.8, 4) is 11.9 Å². The monoisotopic (exact) mass is 468 g/mol. The van der Waals surface area contributed by atoms with Crippen LogP contribution in [-0.4, -0.2) is 64.8 Å². The Morgan fingerprint density at radius 3 is 2.12 bits per heavy atom. The molecule has 0 N–H and O–H groups in total. The summed E-state index contributed by atoms with van der Waals surface area (Å²) in [7, 11) is 1.61. The summed E-state index contributed by atoms with van der Waals surface area (Å²) in [5.41, 5.74) is -0.258. The van der Waals surface area contributed by atoms with E-state index in [2.05, 4.69) is 9.97 Å². The summed E-state index contributed by atoms with van der Waals surface area (Å²) in [4.78, 5) is 9.01. The third kappa shape index (κ3) is 6.76. The number of ether oxygens (including phenoxy) is 7. The fraction of sp³-hybridized carbons (Fsp3) is 0.833. The highest BCUT2D eigenvalue weighted by Crippen LogP contribution is 2.47. The molecule has 0 bridgehead atoms. The lowest BCUT2D eigenvalue weighted by molar-refractivity contribution is -0.230. The van der Waals surface area contributed by atoms with Crippen molar-refractivity contribution in [2.45, 2.75) is 116 Å². The Balaban J connectivity index is 1.94. The van der Waals surface area contributed by atoms with E-state index in [1.54, 1.807) is 13.3 Å². The van der Waals surface area contributed by atoms with Crippen LogP contribution in [0.4, 0.5) is 0 Å². The standard InChI is InChI=1S/C24H40N2O7/c1-21(2,3)32-19-14(12-25-20(26-19)33-22(4,5)6)16-18-17(30-24(9,10)31-18)15(29-16)13-28-23(7,8)27-11/h12,15-18H,13H2,1-11H3/t15-,16+,17-,18+/m1/s1. The topological polar surface area (TPSA) is 90.4 Å². The van der Waals surface area contributed by atoms with Crippen LogP contribution in [0.3, 0.4) is 0 Å². The highest BCUT2D eigenvalue weighted by molar-refractivity contribution is 5.31. The van der Waals surface area contributed by atoms with Gasteiger partial charge in [0, 0.05) is 13.3 Å². The van der Waals surface area contributed by atoms with Crippen LogP contribution in [-0.2, 0) is 23.7 Å². The molecule has 188 valence electrons. The lowest BCUT2D eigenvalue weighted by atomic mass is 10.0. The van der Waals surface area contributed by atoms with Crippen LogP contribution >= 0.6 is 0 Å². The zero-order valence-corrected chi connectivity index (χ0v) is 21.8. The molecule has 4 atom stereocenters. The molecule has 0 aromatic carbocycles. The zero-order valence-electron chi connectivity index (χ0n) is 21.8. The van der Waals surface area contributed by atoms with Crippen molar-refractivity contribution >= 4 is 0 Å². The summed E-state index contributed by atoms with van der Waals surface area (Å²) in [6.45, 7) is 19.5. The minimum atomic E-state index is -0.756. The van der Waals surface area contributed by atoms with Gasteiger partial charge in [-0.05, 0) is 69.2 Å². The summed E-state index contributed by atoms with van der Waals surface area (Å²) in [5.74, 6) is -1.11. The van der Waals surface area contributed by atoms with Gasteiger partial charge in [0.1, 0.15) is 35.6 Å². The third-order valence-electron chi connectivity index (χ3n) is 5.10. The Kier molecular flexibility index (Phi) is 7.06. The Morgan fingerprint density at radius 1 is 0.939 bits per heavy atom. The maximum atomic E-state index is 6.41. The van der Waals surface area contributed by atoms with Crippen molar-refractivity contribution in [3.05, 3.63) is 11.8 Å². The van der Waals surface area contributed by atoms with E-state index in [9.17, 15) is 0 Å². The molecule has 9 nitrogen and oxygen atoms in total. The molecule has 0 radical (unpaired) electrons. The van der Waals surface area contributed by atoms with Gasteiger partial charge in [-0.15, -0.1) is 0 Å². The lowest BCUT2D eigenvalue weighted by Gasteiger charge is -2.29. The normalized spacial score (nSPS) is 27.5. The largest absolute Gasteiger partial charge is 0.472 e. The van der Waals surface area contributed by atoms with Crippen LogP contribution in [0.2, 0.25) is 0 Å². The fourth-order valence-electron chi connectivity index (χ4n) is 3.66. The summed E-state index contributed by atoms with van der Waals surface area (Å²) in [6.07, 6.45) is 0.111. The summed E-state index contributed by atoms with van der Waals surface area (Å²) in [6, 6.07) is 0.241. The van der Waals surface area contributed by atoms with E-state index in [0.29, 0.717) is 11.4 Å². The van der Waals surface area contributed by atoms with E-state index in [4.69, 9.17) is 33.2 Å². The highest BCUT2D eigenvalue weighted by atomic mass is 16.8. The predicted molar refractivity (Wildman–Crippen MR) is 121 cm³/mol. The Morgan fingerprint density at radius 2 is 1.55 bits per heavy atom. The van der Waals surface area contributed by atoms with Crippen LogP contribution < -0.4 is 9.47 Å². The van der Waals surface area contributed by atoms with Crippen LogP contribution in [0.25, 0.3) is 0 Å². The number of fused-ring (bicyclic) bond motifs is 1. The molecule has 0 amide bonds. The molecular weight excluding hydrogens is 428 g/mol. The number of nitrogens with zero attached hydrogens (tertiary/aromatic N) is 2. The SMILES string of the molecule is COC(C)(C)OC[C@H]1O[C@@H](c2cnc(OC(C)(C)C)nc2OC(C)(C)C)[C@@H]2OC(C)(C)O[C@@H]21. The van der Waals surface area contributed by atoms with Gasteiger partial charge in [0.25, 0.3) is 0 Å². The average Bonchev–Trinajstić information content (AvgIpc) is 3.11. The molecule has 0 unspecified atom stereocenters. The minimum absolute atomic E-state index is 0.241. The van der Waals surface area contributed by atoms with Gasteiger partial charge >= 0.3 is 6.01 Å². The van der Waals surface area contributed by atoms with E-state index in [1.165, 1.54) is 0 Å². The van der Waals surface area contributed by atoms with Gasteiger partial charge in [-0.2, -0.15) is 4.98 Å². The molecule has 33 heavy (non-hydrogen) atoms. The number of hydrogen-bond acceptors (Lipinski definition) is 9. The number of hydrogen-bond donors (Lipinski definition) is 0. The van der Waals surface area contributed by atoms with Crippen molar-refractivity contribution in [2.75, 3.05) is 13.7 Å². The first kappa shape index (κ1) is 26.1. The van der Waals surface area contributed by atoms with Crippen molar-refractivity contribution in [3.63, 3.8) is 0 Å². The fourth-order valence-corrected chi connectivity index (χ4v) is 3.66. The maximum absolute atomic E-state index is 6.41. The van der Waals surface area contributed by atoms with Crippen molar-refractivity contribution in [2.24, 2.45) is 0 Å². The third-order valence-corrected chi connectivity index (χ3v) is 5.10. The Hall–Kier alpha value is -1.52. The number of rotatable bonds is 7. The molecular formula is C24H40N2O7. The molecule has 9 heteroatoms. The molecule has 2 fully saturated rings. The van der Waals surface area contributed by atoms with Gasteiger partial charge in [0.05, 0.1) is 12.2 Å². The van der Waals surface area contributed by atoms with Gasteiger partial charge in [-0.1, -0.05) is 0 Å². The number of aromatic nitrogens is 2. The zero-order chi connectivity index (χ0) is 24.8. The van der Waals surface area contributed by atoms with Gasteiger partial charge in [0.2, 0.25) is 5.88 Å². The lowest BCUT2D eigenvalue weighted by Crippen LogP contribution is -2.37. The second-order valence-corrected chi connectivity index (χ2v) is 11.4. The first-order chi connectivity index (χ1) is 15.0. The second-order valence-electron chi connectivity index (χ2n) is 11.4. The molecule has 1 aromatic heterocycles. The molecule has 2 aliphatic heterocycles. The molecule has 0 saturated carbocycles. The Labute approximate surface area is 197 Å². The van der Waals surface area contributed by atoms with Crippen molar-refractivity contribution in [1.29, 1.82) is 0 Å². The first-order valence-corrected chi connectivity index (χ1v) is 11.4. The molecule has 3 heterocycles. The number of methoxy groups -OCH3 is 1. The average molecular weight is 469 g/mol. The molecule has 1 aromatic rings. The molecule has 0 spiro atoms. The van der Waals surface area contributed by atoms with Gasteiger partial charge in [-0.3, -0.25) is 0 Å². The van der Waals surface area contributed by atoms with Crippen LogP contribution in [0.5, 0.6) is 11.9 Å². The van der Waals surface area contributed by atoms with E-state index < -0.39 is 28.9 Å². The second kappa shape index (κ2) is 8.92. The molecule has 2 aliphatic rings. The highest BCUT2D eigenvalue weighted by Gasteiger charge is 2.56. The summed E-state index contributed by atoms with van der Waals surface area (Å²) < 4.78 is 42.3. The molecule has 3 rings (SSSR count). The maximum Gasteiger partial charge on any atom is 0.320 e. The van der Waals surface area contributed by atoms with E-state index >= 15 is 0 Å². The van der Waals surface area contributed by atoms with Gasteiger partial charge < -0.3 is 33.2 Å². The summed E-state index contributed by atoms with van der Waals surface area (Å²) in [5, 5.41) is 0. The van der Waals surface area contributed by atoms with E-state index in [-0.39, 0.29) is 30.9 Å². The van der Waals surface area contributed by atoms with E-state index in [1.807, 2.05) is 69.2 Å². The quantitative estimate of drug-likeness (QED) is 0.546. The molecule has 0 aliphatic carbocycles. The first-order valence-electron chi connectivity index (χ1n) is 11.4. The van der Waals surface area contributed by atoms with Gasteiger partial charge in [-0.25, -0.2) is 4.98 Å². The van der Waals surface area contributed by atoms with Crippen LogP contribution in [0.1, 0.15) is 80.9 Å². The van der Waals surface area contributed by atoms with Crippen molar-refractivity contribution in [1.82, 2.24) is 9.97 Å². The smallest absolute Gasteiger partial charge is 0.320 e. The van der Waals surface area contributed by atoms with Crippen LogP contribution in [0, 0.1) is 0 Å². The van der Waals surface area contributed by atoms with Gasteiger partial charge in [0.15, 0.2) is 11.6 Å². The molecule has 2 saturated heterocycles. The van der Waals surface area contributed by atoms with Crippen molar-refractivity contribution < 1.29 is 33.2 Å². The summed E-state index contributed by atoms with van der Waals surface area (Å²) >= 11 is 0. The van der Waals surface area contributed by atoms with Crippen LogP contribution in [0.15, 0.2) is 6.20 Å². The van der Waals surface area contributed by atoms with E-state index in [0.717, 1.165) is 0 Å².